The number of nitrogens with zero attached hydrogens (tertiary/aromatic N) is 5. The number of piperidine rings is 1. The van der Waals surface area contributed by atoms with Crippen molar-refractivity contribution in [2.24, 2.45) is 5.92 Å². The molecular formula is C23H27N5O. The highest BCUT2D eigenvalue weighted by molar-refractivity contribution is 5.77. The molecule has 2 bridgehead atoms. The average molecular weight is 390 g/mol. The van der Waals surface area contributed by atoms with Gasteiger partial charge in [0.1, 0.15) is 5.52 Å². The molecule has 2 atom stereocenters. The van der Waals surface area contributed by atoms with E-state index < -0.39 is 0 Å². The third-order valence-corrected chi connectivity index (χ3v) is 6.37. The van der Waals surface area contributed by atoms with Crippen LogP contribution >= 0.6 is 0 Å². The lowest BCUT2D eigenvalue weighted by Gasteiger charge is -2.36. The molecule has 3 aliphatic rings. The van der Waals surface area contributed by atoms with Gasteiger partial charge in [0.25, 0.3) is 0 Å². The summed E-state index contributed by atoms with van der Waals surface area (Å²) in [5.74, 6) is 0.816. The summed E-state index contributed by atoms with van der Waals surface area (Å²) in [6.07, 6.45) is 2.90. The summed E-state index contributed by atoms with van der Waals surface area (Å²) in [5.41, 5.74) is 3.23. The van der Waals surface area contributed by atoms with Crippen LogP contribution in [0.1, 0.15) is 24.8 Å². The summed E-state index contributed by atoms with van der Waals surface area (Å²) >= 11 is 0. The smallest absolute Gasteiger partial charge is 0.224 e. The van der Waals surface area contributed by atoms with Gasteiger partial charge in [-0.1, -0.05) is 47.7 Å². The van der Waals surface area contributed by atoms with Gasteiger partial charge in [0.15, 0.2) is 0 Å². The molecule has 3 aromatic rings. The lowest BCUT2D eigenvalue weighted by Crippen LogP contribution is -2.44. The van der Waals surface area contributed by atoms with E-state index in [4.69, 9.17) is 0 Å². The first-order valence-electron chi connectivity index (χ1n) is 10.6. The van der Waals surface area contributed by atoms with Gasteiger partial charge in [0.05, 0.1) is 12.1 Å². The third-order valence-electron chi connectivity index (χ3n) is 6.37. The van der Waals surface area contributed by atoms with Crippen LogP contribution in [0.2, 0.25) is 0 Å². The minimum atomic E-state index is 0.239. The van der Waals surface area contributed by atoms with Gasteiger partial charge >= 0.3 is 0 Å². The number of aryl methyl sites for hydroxylation is 1. The number of rotatable bonds is 5. The first-order valence-corrected chi connectivity index (χ1v) is 10.6. The highest BCUT2D eigenvalue weighted by Gasteiger charge is 2.36. The molecule has 0 spiro atoms. The Labute approximate surface area is 171 Å². The highest BCUT2D eigenvalue weighted by atomic mass is 16.2. The number of amides is 1. The molecule has 0 N–H and O–H groups in total. The Morgan fingerprint density at radius 2 is 1.79 bits per heavy atom. The minimum Gasteiger partial charge on any atom is -0.341 e. The van der Waals surface area contributed by atoms with Crippen molar-refractivity contribution < 1.29 is 4.79 Å². The van der Waals surface area contributed by atoms with Crippen LogP contribution in [0.5, 0.6) is 0 Å². The van der Waals surface area contributed by atoms with E-state index in [0.717, 1.165) is 37.2 Å². The minimum absolute atomic E-state index is 0.239. The summed E-state index contributed by atoms with van der Waals surface area (Å²) in [6, 6.07) is 19.0. The van der Waals surface area contributed by atoms with Gasteiger partial charge in [-0.05, 0) is 36.5 Å². The second-order valence-electron chi connectivity index (χ2n) is 8.36. The van der Waals surface area contributed by atoms with Crippen LogP contribution in [0, 0.1) is 5.92 Å². The zero-order chi connectivity index (χ0) is 19.6. The normalized spacial score (nSPS) is 22.1. The zero-order valence-electron chi connectivity index (χ0n) is 16.7. The molecule has 3 fully saturated rings. The van der Waals surface area contributed by atoms with Crippen LogP contribution in [-0.2, 0) is 17.9 Å². The monoisotopic (exact) mass is 389 g/mol. The fourth-order valence-corrected chi connectivity index (χ4v) is 4.84. The van der Waals surface area contributed by atoms with Crippen LogP contribution in [-0.4, -0.2) is 56.4 Å². The molecule has 0 unspecified atom stereocenters. The number of para-hydroxylation sites is 1. The summed E-state index contributed by atoms with van der Waals surface area (Å²) in [6.45, 7) is 4.39. The van der Waals surface area contributed by atoms with Gasteiger partial charge in [0.2, 0.25) is 5.91 Å². The van der Waals surface area contributed by atoms with Gasteiger partial charge < -0.3 is 4.90 Å². The molecule has 2 aromatic carbocycles. The first-order chi connectivity index (χ1) is 14.3. The van der Waals surface area contributed by atoms with E-state index in [2.05, 4.69) is 50.4 Å². The van der Waals surface area contributed by atoms with Gasteiger partial charge in [-0.25, -0.2) is 4.68 Å². The van der Waals surface area contributed by atoms with E-state index in [1.54, 1.807) is 0 Å². The number of carbonyl (C=O) groups is 1. The van der Waals surface area contributed by atoms with Gasteiger partial charge in [-0.3, -0.25) is 9.69 Å². The summed E-state index contributed by atoms with van der Waals surface area (Å²) < 4.78 is 1.85. The maximum Gasteiger partial charge on any atom is 0.224 e. The number of carbonyl (C=O) groups excluding carboxylic acids is 1. The Hall–Kier alpha value is -2.73. The predicted molar refractivity (Wildman–Crippen MR) is 112 cm³/mol. The Morgan fingerprint density at radius 1 is 0.966 bits per heavy atom. The number of hydrogen-bond acceptors (Lipinski definition) is 4. The lowest BCUT2D eigenvalue weighted by atomic mass is 9.94. The van der Waals surface area contributed by atoms with Crippen molar-refractivity contribution >= 4 is 16.9 Å². The van der Waals surface area contributed by atoms with E-state index in [9.17, 15) is 4.79 Å². The van der Waals surface area contributed by atoms with Crippen LogP contribution in [0.4, 0.5) is 0 Å². The Bertz CT molecular complexity index is 985. The Kier molecular flexibility index (Phi) is 5.02. The molecule has 6 rings (SSSR count). The fraction of sp³-hybridized carbons (Fsp3) is 0.435. The quantitative estimate of drug-likeness (QED) is 0.673. The standard InChI is InChI=1S/C23H27N5O/c29-23(12-13-28-22-9-5-4-8-21(22)24-25-28)27-16-19-10-11-20(17-27)26(15-19)14-18-6-2-1-3-7-18/h1-9,19-20H,10-17H2/t19-,20-/m0/s1. The van der Waals surface area contributed by atoms with Crippen molar-refractivity contribution in [2.75, 3.05) is 19.6 Å². The van der Waals surface area contributed by atoms with Gasteiger partial charge in [-0.15, -0.1) is 5.10 Å². The molecule has 150 valence electrons. The largest absolute Gasteiger partial charge is 0.341 e. The van der Waals surface area contributed by atoms with Crippen LogP contribution < -0.4 is 0 Å². The predicted octanol–water partition coefficient (Wildman–Crippen LogP) is 2.94. The van der Waals surface area contributed by atoms with Crippen LogP contribution in [0.25, 0.3) is 11.0 Å². The number of aromatic nitrogens is 3. The first kappa shape index (κ1) is 18.3. The van der Waals surface area contributed by atoms with Gasteiger partial charge in [0, 0.05) is 38.6 Å². The van der Waals surface area contributed by atoms with E-state index in [-0.39, 0.29) is 5.91 Å². The van der Waals surface area contributed by atoms with Crippen LogP contribution in [0.15, 0.2) is 54.6 Å². The molecule has 3 saturated heterocycles. The molecule has 1 aromatic heterocycles. The molecule has 0 saturated carbocycles. The maximum absolute atomic E-state index is 13.0. The molecule has 3 aliphatic heterocycles. The van der Waals surface area contributed by atoms with Crippen molar-refractivity contribution in [1.29, 1.82) is 0 Å². The summed E-state index contributed by atoms with van der Waals surface area (Å²) in [7, 11) is 0. The fourth-order valence-electron chi connectivity index (χ4n) is 4.84. The molecule has 1 amide bonds. The van der Waals surface area contributed by atoms with Crippen molar-refractivity contribution in [1.82, 2.24) is 24.8 Å². The number of benzene rings is 2. The molecule has 0 radical (unpaired) electrons. The zero-order valence-corrected chi connectivity index (χ0v) is 16.7. The maximum atomic E-state index is 13.0. The SMILES string of the molecule is O=C(CCn1nnc2ccccc21)N1C[C@H]2CC[C@@H](C1)N(Cc1ccccc1)C2. The van der Waals surface area contributed by atoms with E-state index in [0.29, 0.717) is 24.9 Å². The summed E-state index contributed by atoms with van der Waals surface area (Å²) in [4.78, 5) is 17.7. The van der Waals surface area contributed by atoms with Crippen molar-refractivity contribution in [2.45, 2.75) is 38.4 Å². The number of fused-ring (bicyclic) bond motifs is 5. The molecule has 29 heavy (non-hydrogen) atoms. The van der Waals surface area contributed by atoms with Crippen LogP contribution in [0.3, 0.4) is 0 Å². The number of hydrogen-bond donors (Lipinski definition) is 0. The summed E-state index contributed by atoms with van der Waals surface area (Å²) in [5, 5.41) is 8.41. The average Bonchev–Trinajstić information content (AvgIpc) is 2.94. The third kappa shape index (κ3) is 3.90. The Morgan fingerprint density at radius 3 is 2.69 bits per heavy atom. The highest BCUT2D eigenvalue weighted by Crippen LogP contribution is 2.29. The van der Waals surface area contributed by atoms with Gasteiger partial charge in [-0.2, -0.15) is 0 Å². The lowest BCUT2D eigenvalue weighted by molar-refractivity contribution is -0.131. The Balaban J connectivity index is 1.23. The van der Waals surface area contributed by atoms with E-state index in [1.165, 1.54) is 18.4 Å². The van der Waals surface area contributed by atoms with Crippen molar-refractivity contribution in [3.63, 3.8) is 0 Å². The molecule has 6 heteroatoms. The molecule has 0 aliphatic carbocycles. The van der Waals surface area contributed by atoms with Crippen molar-refractivity contribution in [3.8, 4) is 0 Å². The second-order valence-corrected chi connectivity index (χ2v) is 8.36. The molecule has 6 nitrogen and oxygen atoms in total. The van der Waals surface area contributed by atoms with E-state index in [1.807, 2.05) is 28.9 Å². The van der Waals surface area contributed by atoms with E-state index >= 15 is 0 Å². The molecular weight excluding hydrogens is 362 g/mol. The van der Waals surface area contributed by atoms with Crippen molar-refractivity contribution in [3.05, 3.63) is 60.2 Å². The second kappa shape index (κ2) is 7.95. The molecule has 4 heterocycles. The topological polar surface area (TPSA) is 54.3 Å².